The van der Waals surface area contributed by atoms with E-state index in [1.165, 1.54) is 11.3 Å². The molecule has 2 aliphatic rings. The van der Waals surface area contributed by atoms with Crippen molar-refractivity contribution in [1.82, 2.24) is 9.80 Å². The lowest BCUT2D eigenvalue weighted by Crippen LogP contribution is -2.61. The Morgan fingerprint density at radius 2 is 1.88 bits per heavy atom. The normalized spacial score (nSPS) is 23.1. The maximum Gasteiger partial charge on any atom is 0.261 e. The molecule has 0 unspecified atom stereocenters. The van der Waals surface area contributed by atoms with Gasteiger partial charge in [0.05, 0.1) is 10.9 Å². The number of nitrogens with one attached hydrogen (secondary N) is 1. The van der Waals surface area contributed by atoms with Gasteiger partial charge in [0.2, 0.25) is 5.91 Å². The van der Waals surface area contributed by atoms with Crippen LogP contribution in [0.5, 0.6) is 5.06 Å². The number of ether oxygens (including phenoxy) is 2. The number of amides is 2. The average Bonchev–Trinajstić information content (AvgIpc) is 3.27. The molecule has 2 fully saturated rings. The largest absolute Gasteiger partial charge is 0.474 e. The number of anilines is 1. The highest BCUT2D eigenvalue weighted by atomic mass is 35.5. The first-order chi connectivity index (χ1) is 16.5. The molecule has 1 N–H and O–H groups in total. The second kappa shape index (κ2) is 11.9. The minimum Gasteiger partial charge on any atom is -0.474 e. The van der Waals surface area contributed by atoms with Crippen LogP contribution in [0.2, 0.25) is 4.34 Å². The van der Waals surface area contributed by atoms with E-state index in [2.05, 4.69) is 17.4 Å². The van der Waals surface area contributed by atoms with E-state index >= 15 is 0 Å². The van der Waals surface area contributed by atoms with Crippen LogP contribution in [0.15, 0.2) is 42.5 Å². The highest BCUT2D eigenvalue weighted by molar-refractivity contribution is 7.17. The Labute approximate surface area is 210 Å². The van der Waals surface area contributed by atoms with Gasteiger partial charge in [0.25, 0.3) is 5.91 Å². The molecule has 1 saturated carbocycles. The van der Waals surface area contributed by atoms with Crippen molar-refractivity contribution in [2.45, 2.75) is 37.8 Å². The van der Waals surface area contributed by atoms with E-state index in [0.717, 1.165) is 37.9 Å². The summed E-state index contributed by atoms with van der Waals surface area (Å²) in [6.07, 6.45) is 4.36. The zero-order valence-electron chi connectivity index (χ0n) is 19.5. The van der Waals surface area contributed by atoms with Gasteiger partial charge in [-0.25, -0.2) is 0 Å². The molecule has 184 valence electrons. The Hall–Kier alpha value is -2.29. The molecule has 7 nitrogen and oxygen atoms in total. The quantitative estimate of drug-likeness (QED) is 0.554. The van der Waals surface area contributed by atoms with Crippen molar-refractivity contribution in [3.8, 4) is 5.06 Å². The topological polar surface area (TPSA) is 71.1 Å². The molecule has 1 aromatic heterocycles. The van der Waals surface area contributed by atoms with Crippen LogP contribution in [-0.2, 0) is 14.3 Å². The molecule has 1 aromatic carbocycles. The average molecular weight is 506 g/mol. The Balaban J connectivity index is 1.27. The van der Waals surface area contributed by atoms with Crippen LogP contribution >= 0.6 is 22.9 Å². The van der Waals surface area contributed by atoms with Crippen LogP contribution in [0.1, 0.15) is 25.7 Å². The van der Waals surface area contributed by atoms with Gasteiger partial charge < -0.3 is 24.6 Å². The van der Waals surface area contributed by atoms with Crippen LogP contribution in [0.4, 0.5) is 5.69 Å². The Bertz CT molecular complexity index is 949. The standard InChI is InChI=1S/C25H32ClN3O4S/c1-32-16-21-25(31)28(13-14-29(21)23(30)17-33-24-12-11-22(26)34-24)15-18-7-9-20(10-8-18)27-19-5-3-2-4-6-19/h2-6,11-12,18,20-21,27H,7-10,13-17H2,1H3/t18-,20-,21-/m0/s1. The van der Waals surface area contributed by atoms with E-state index in [4.69, 9.17) is 21.1 Å². The van der Waals surface area contributed by atoms with Gasteiger partial charge in [-0.05, 0) is 55.9 Å². The predicted molar refractivity (Wildman–Crippen MR) is 135 cm³/mol. The maximum atomic E-state index is 13.3. The molecule has 1 saturated heterocycles. The van der Waals surface area contributed by atoms with Gasteiger partial charge in [-0.3, -0.25) is 9.59 Å². The van der Waals surface area contributed by atoms with E-state index in [9.17, 15) is 9.59 Å². The van der Waals surface area contributed by atoms with Crippen LogP contribution in [0.25, 0.3) is 0 Å². The van der Waals surface area contributed by atoms with E-state index in [1.807, 2.05) is 23.1 Å². The van der Waals surface area contributed by atoms with Crippen LogP contribution < -0.4 is 10.1 Å². The zero-order valence-corrected chi connectivity index (χ0v) is 21.0. The van der Waals surface area contributed by atoms with Crippen molar-refractivity contribution in [3.05, 3.63) is 46.8 Å². The monoisotopic (exact) mass is 505 g/mol. The molecule has 1 atom stereocenters. The van der Waals surface area contributed by atoms with E-state index in [0.29, 0.717) is 34.4 Å². The molecule has 0 radical (unpaired) electrons. The third kappa shape index (κ3) is 6.43. The van der Waals surface area contributed by atoms with Crippen molar-refractivity contribution in [3.63, 3.8) is 0 Å². The maximum absolute atomic E-state index is 13.3. The van der Waals surface area contributed by atoms with Crippen molar-refractivity contribution in [2.75, 3.05) is 45.3 Å². The predicted octanol–water partition coefficient (Wildman–Crippen LogP) is 4.14. The van der Waals surface area contributed by atoms with Crippen molar-refractivity contribution >= 4 is 40.4 Å². The Kier molecular flexibility index (Phi) is 8.69. The number of thiophene rings is 1. The highest BCUT2D eigenvalue weighted by Crippen LogP contribution is 2.29. The molecule has 2 aromatic rings. The third-order valence-electron chi connectivity index (χ3n) is 6.59. The van der Waals surface area contributed by atoms with Crippen LogP contribution in [0.3, 0.4) is 0 Å². The van der Waals surface area contributed by atoms with Gasteiger partial charge in [-0.2, -0.15) is 0 Å². The minimum absolute atomic E-state index is 0.0369. The molecule has 1 aliphatic heterocycles. The summed E-state index contributed by atoms with van der Waals surface area (Å²) in [4.78, 5) is 29.6. The second-order valence-electron chi connectivity index (χ2n) is 8.92. The first kappa shape index (κ1) is 24.8. The third-order valence-corrected chi connectivity index (χ3v) is 7.73. The minimum atomic E-state index is -0.613. The Morgan fingerprint density at radius 3 is 2.56 bits per heavy atom. The van der Waals surface area contributed by atoms with Gasteiger partial charge in [0.1, 0.15) is 6.04 Å². The molecule has 34 heavy (non-hydrogen) atoms. The SMILES string of the molecule is COC[C@H]1C(=O)N(C[C@H]2CC[C@H](Nc3ccccc3)CC2)CCN1C(=O)COc1ccc(Cl)s1. The summed E-state index contributed by atoms with van der Waals surface area (Å²) in [6, 6.07) is 13.6. The number of halogens is 1. The molecule has 4 rings (SSSR count). The number of benzene rings is 1. The number of hydrogen-bond acceptors (Lipinski definition) is 6. The van der Waals surface area contributed by atoms with Gasteiger partial charge in [-0.1, -0.05) is 41.1 Å². The number of piperazine rings is 1. The second-order valence-corrected chi connectivity index (χ2v) is 10.6. The fraction of sp³-hybridized carbons (Fsp3) is 0.520. The summed E-state index contributed by atoms with van der Waals surface area (Å²) in [5.74, 6) is 0.229. The molecule has 9 heteroatoms. The number of hydrogen-bond donors (Lipinski definition) is 1. The molecule has 1 aliphatic carbocycles. The first-order valence-electron chi connectivity index (χ1n) is 11.8. The molecule has 0 bridgehead atoms. The molecule has 2 heterocycles. The number of carbonyl (C=O) groups is 2. The number of rotatable bonds is 9. The fourth-order valence-electron chi connectivity index (χ4n) is 4.80. The molecular weight excluding hydrogens is 474 g/mol. The van der Waals surface area contributed by atoms with E-state index in [-0.39, 0.29) is 25.0 Å². The highest BCUT2D eigenvalue weighted by Gasteiger charge is 2.38. The van der Waals surface area contributed by atoms with Gasteiger partial charge in [-0.15, -0.1) is 0 Å². The summed E-state index contributed by atoms with van der Waals surface area (Å²) in [6.45, 7) is 1.82. The molecule has 0 spiro atoms. The van der Waals surface area contributed by atoms with Crippen molar-refractivity contribution < 1.29 is 19.1 Å². The number of para-hydroxylation sites is 1. The van der Waals surface area contributed by atoms with Gasteiger partial charge in [0.15, 0.2) is 11.7 Å². The fourth-order valence-corrected chi connectivity index (χ4v) is 5.67. The summed E-state index contributed by atoms with van der Waals surface area (Å²) in [7, 11) is 1.56. The zero-order chi connectivity index (χ0) is 23.9. The summed E-state index contributed by atoms with van der Waals surface area (Å²) in [5, 5.41) is 4.21. The van der Waals surface area contributed by atoms with Crippen LogP contribution in [-0.4, -0.2) is 73.7 Å². The Morgan fingerprint density at radius 1 is 1.12 bits per heavy atom. The lowest BCUT2D eigenvalue weighted by Gasteiger charge is -2.42. The summed E-state index contributed by atoms with van der Waals surface area (Å²) >= 11 is 7.20. The van der Waals surface area contributed by atoms with Crippen LogP contribution in [0, 0.1) is 5.92 Å². The summed E-state index contributed by atoms with van der Waals surface area (Å²) in [5.41, 5.74) is 1.16. The van der Waals surface area contributed by atoms with Crippen molar-refractivity contribution in [2.24, 2.45) is 5.92 Å². The lowest BCUT2D eigenvalue weighted by molar-refractivity contribution is -0.155. The van der Waals surface area contributed by atoms with E-state index < -0.39 is 6.04 Å². The summed E-state index contributed by atoms with van der Waals surface area (Å²) < 4.78 is 11.5. The first-order valence-corrected chi connectivity index (χ1v) is 13.0. The molecular formula is C25H32ClN3O4S. The number of methoxy groups -OCH3 is 1. The van der Waals surface area contributed by atoms with Gasteiger partial charge >= 0.3 is 0 Å². The van der Waals surface area contributed by atoms with Crippen molar-refractivity contribution in [1.29, 1.82) is 0 Å². The number of nitrogens with zero attached hydrogens (tertiary/aromatic N) is 2. The van der Waals surface area contributed by atoms with Gasteiger partial charge in [0, 0.05) is 38.5 Å². The smallest absolute Gasteiger partial charge is 0.261 e. The lowest BCUT2D eigenvalue weighted by atomic mass is 9.85. The number of carbonyl (C=O) groups excluding carboxylic acids is 2. The van der Waals surface area contributed by atoms with E-state index in [1.54, 1.807) is 24.1 Å². The molecule has 2 amide bonds.